The second kappa shape index (κ2) is 2.94. The molecule has 0 atom stereocenters. The maximum absolute atomic E-state index is 11.4. The van der Waals surface area contributed by atoms with Crippen molar-refractivity contribution in [3.63, 3.8) is 0 Å². The van der Waals surface area contributed by atoms with Gasteiger partial charge in [-0.15, -0.1) is 0 Å². The van der Waals surface area contributed by atoms with Crippen LogP contribution in [0.3, 0.4) is 0 Å². The molecule has 0 aromatic heterocycles. The maximum Gasteiger partial charge on any atom is 0.141 e. The van der Waals surface area contributed by atoms with Crippen molar-refractivity contribution in [2.24, 2.45) is 0 Å². The molecule has 14 heavy (non-hydrogen) atoms. The van der Waals surface area contributed by atoms with Gasteiger partial charge in [0.2, 0.25) is 0 Å². The Kier molecular flexibility index (Phi) is 1.99. The van der Waals surface area contributed by atoms with Crippen LogP contribution < -0.4 is 0 Å². The normalized spacial score (nSPS) is 14.7. The Morgan fingerprint density at radius 1 is 0.714 bits per heavy atom. The monoisotopic (exact) mass is 188 g/mol. The Morgan fingerprint density at radius 2 is 1.07 bits per heavy atom. The molecule has 0 fully saturated rings. The summed E-state index contributed by atoms with van der Waals surface area (Å²) in [4.78, 5) is 11.4. The highest BCUT2D eigenvalue weighted by atomic mass is 16.1. The summed E-state index contributed by atoms with van der Waals surface area (Å²) in [6.45, 7) is 8.58. The third-order valence-electron chi connectivity index (χ3n) is 3.70. The number of hydrogen-bond acceptors (Lipinski definition) is 1. The van der Waals surface area contributed by atoms with E-state index in [0.29, 0.717) is 18.6 Å². The molecule has 2 rings (SSSR count). The average molecular weight is 188 g/mol. The van der Waals surface area contributed by atoms with Gasteiger partial charge < -0.3 is 0 Å². The van der Waals surface area contributed by atoms with Crippen molar-refractivity contribution in [1.82, 2.24) is 0 Å². The molecular formula is C13H16O. The second-order valence-electron chi connectivity index (χ2n) is 4.35. The Labute approximate surface area is 85.1 Å². The van der Waals surface area contributed by atoms with Crippen molar-refractivity contribution in [3.8, 4) is 0 Å². The van der Waals surface area contributed by atoms with Gasteiger partial charge in [-0.25, -0.2) is 0 Å². The van der Waals surface area contributed by atoms with Crippen LogP contribution in [-0.4, -0.2) is 5.78 Å². The number of hydrogen-bond donors (Lipinski definition) is 0. The van der Waals surface area contributed by atoms with E-state index in [0.717, 1.165) is 0 Å². The topological polar surface area (TPSA) is 17.1 Å². The molecule has 1 nitrogen and oxygen atoms in total. The van der Waals surface area contributed by atoms with Crippen molar-refractivity contribution < 1.29 is 4.79 Å². The van der Waals surface area contributed by atoms with E-state index in [4.69, 9.17) is 0 Å². The van der Waals surface area contributed by atoms with Gasteiger partial charge in [-0.3, -0.25) is 4.79 Å². The molecule has 74 valence electrons. The van der Waals surface area contributed by atoms with Crippen LogP contribution in [0.25, 0.3) is 0 Å². The summed E-state index contributed by atoms with van der Waals surface area (Å²) in [5.41, 5.74) is 7.97. The summed E-state index contributed by atoms with van der Waals surface area (Å²) in [5, 5.41) is 0. The van der Waals surface area contributed by atoms with Gasteiger partial charge in [-0.05, 0) is 61.1 Å². The molecule has 0 N–H and O–H groups in total. The van der Waals surface area contributed by atoms with Gasteiger partial charge in [0.1, 0.15) is 5.78 Å². The van der Waals surface area contributed by atoms with Gasteiger partial charge in [0.05, 0.1) is 0 Å². The smallest absolute Gasteiger partial charge is 0.141 e. The first-order valence-corrected chi connectivity index (χ1v) is 5.12. The number of Topliss-reactive ketones (excluding diaryl/α,β-unsaturated/α-hetero) is 1. The minimum absolute atomic E-state index is 0.371. The summed E-state index contributed by atoms with van der Waals surface area (Å²) in [6, 6.07) is 0. The summed E-state index contributed by atoms with van der Waals surface area (Å²) < 4.78 is 0. The van der Waals surface area contributed by atoms with Crippen LogP contribution in [0.1, 0.15) is 33.4 Å². The van der Waals surface area contributed by atoms with Crippen LogP contribution in [0.5, 0.6) is 0 Å². The van der Waals surface area contributed by atoms with Gasteiger partial charge in [-0.1, -0.05) is 0 Å². The lowest BCUT2D eigenvalue weighted by atomic mass is 9.90. The van der Waals surface area contributed by atoms with Gasteiger partial charge in [0, 0.05) is 12.8 Å². The van der Waals surface area contributed by atoms with E-state index in [1.807, 2.05) is 0 Å². The van der Waals surface area contributed by atoms with E-state index >= 15 is 0 Å². The number of ketones is 1. The maximum atomic E-state index is 11.4. The molecule has 0 radical (unpaired) electrons. The van der Waals surface area contributed by atoms with Gasteiger partial charge in [-0.2, -0.15) is 0 Å². The summed E-state index contributed by atoms with van der Waals surface area (Å²) in [7, 11) is 0. The predicted molar refractivity (Wildman–Crippen MR) is 57.8 cm³/mol. The molecular weight excluding hydrogens is 172 g/mol. The average Bonchev–Trinajstić information content (AvgIpc) is 2.54. The molecule has 1 aromatic carbocycles. The SMILES string of the molecule is Cc1c(C)c(C)c2c(c1C)CC(=O)C2. The first-order valence-electron chi connectivity index (χ1n) is 5.12. The van der Waals surface area contributed by atoms with Crippen molar-refractivity contribution >= 4 is 5.78 Å². The highest BCUT2D eigenvalue weighted by molar-refractivity contribution is 5.89. The molecule has 0 saturated carbocycles. The summed E-state index contributed by atoms with van der Waals surface area (Å²) in [5.74, 6) is 0.371. The van der Waals surface area contributed by atoms with Gasteiger partial charge in [0.15, 0.2) is 0 Å². The van der Waals surface area contributed by atoms with Crippen LogP contribution in [0, 0.1) is 27.7 Å². The largest absolute Gasteiger partial charge is 0.299 e. The lowest BCUT2D eigenvalue weighted by Gasteiger charge is -2.14. The lowest BCUT2D eigenvalue weighted by molar-refractivity contribution is -0.117. The molecule has 0 bridgehead atoms. The second-order valence-corrected chi connectivity index (χ2v) is 4.35. The van der Waals surface area contributed by atoms with Crippen LogP contribution in [0.2, 0.25) is 0 Å². The molecule has 0 aliphatic heterocycles. The summed E-state index contributed by atoms with van der Waals surface area (Å²) in [6.07, 6.45) is 1.31. The quantitative estimate of drug-likeness (QED) is 0.611. The summed E-state index contributed by atoms with van der Waals surface area (Å²) >= 11 is 0. The highest BCUT2D eigenvalue weighted by Gasteiger charge is 2.24. The van der Waals surface area contributed by atoms with Crippen molar-refractivity contribution in [2.45, 2.75) is 40.5 Å². The standard InChI is InChI=1S/C13H16O/c1-7-8(2)10(4)13-6-11(14)5-12(13)9(7)3/h5-6H2,1-4H3. The van der Waals surface area contributed by atoms with E-state index in [-0.39, 0.29) is 0 Å². The van der Waals surface area contributed by atoms with E-state index in [9.17, 15) is 4.79 Å². The number of fused-ring (bicyclic) bond motifs is 1. The third-order valence-corrected chi connectivity index (χ3v) is 3.70. The zero-order valence-electron chi connectivity index (χ0n) is 9.32. The zero-order chi connectivity index (χ0) is 10.5. The van der Waals surface area contributed by atoms with Crippen molar-refractivity contribution in [3.05, 3.63) is 33.4 Å². The molecule has 1 aliphatic carbocycles. The molecule has 1 aromatic rings. The number of carbonyl (C=O) groups is 1. The molecule has 1 heteroatoms. The molecule has 0 heterocycles. The van der Waals surface area contributed by atoms with Crippen LogP contribution in [0.15, 0.2) is 0 Å². The molecule has 0 unspecified atom stereocenters. The van der Waals surface area contributed by atoms with E-state index in [1.54, 1.807) is 0 Å². The first kappa shape index (κ1) is 9.45. The van der Waals surface area contributed by atoms with Gasteiger partial charge in [0.25, 0.3) is 0 Å². The minimum Gasteiger partial charge on any atom is -0.299 e. The fourth-order valence-electron chi connectivity index (χ4n) is 2.40. The Morgan fingerprint density at radius 3 is 1.43 bits per heavy atom. The number of carbonyl (C=O) groups excluding carboxylic acids is 1. The van der Waals surface area contributed by atoms with E-state index < -0.39 is 0 Å². The lowest BCUT2D eigenvalue weighted by Crippen LogP contribution is -1.99. The fraction of sp³-hybridized carbons (Fsp3) is 0.462. The Hall–Kier alpha value is -1.11. The van der Waals surface area contributed by atoms with Crippen molar-refractivity contribution in [1.29, 1.82) is 0 Å². The molecule has 0 saturated heterocycles. The Balaban J connectivity index is 2.76. The Bertz CT molecular complexity index is 389. The third kappa shape index (κ3) is 1.12. The first-order chi connectivity index (χ1) is 6.52. The van der Waals surface area contributed by atoms with Crippen LogP contribution >= 0.6 is 0 Å². The van der Waals surface area contributed by atoms with E-state index in [1.165, 1.54) is 33.4 Å². The predicted octanol–water partition coefficient (Wildman–Crippen LogP) is 2.59. The van der Waals surface area contributed by atoms with Crippen LogP contribution in [-0.2, 0) is 17.6 Å². The number of benzene rings is 1. The minimum atomic E-state index is 0.371. The number of rotatable bonds is 0. The highest BCUT2D eigenvalue weighted by Crippen LogP contribution is 2.31. The fourth-order valence-corrected chi connectivity index (χ4v) is 2.40. The molecule has 1 aliphatic rings. The van der Waals surface area contributed by atoms with E-state index in [2.05, 4.69) is 27.7 Å². The zero-order valence-corrected chi connectivity index (χ0v) is 9.32. The van der Waals surface area contributed by atoms with Gasteiger partial charge >= 0.3 is 0 Å². The molecule has 0 amide bonds. The van der Waals surface area contributed by atoms with Crippen molar-refractivity contribution in [2.75, 3.05) is 0 Å². The molecule has 0 spiro atoms. The van der Waals surface area contributed by atoms with Crippen LogP contribution in [0.4, 0.5) is 0 Å².